The van der Waals surface area contributed by atoms with E-state index >= 15 is 0 Å². The van der Waals surface area contributed by atoms with Gasteiger partial charge in [-0.1, -0.05) is 38.1 Å². The van der Waals surface area contributed by atoms with Gasteiger partial charge in [0.05, 0.1) is 10.1 Å². The Morgan fingerprint density at radius 2 is 1.88 bits per heavy atom. The number of hydrogen-bond acceptors (Lipinski definition) is 4. The number of fused-ring (bicyclic) bond motifs is 5. The Bertz CT molecular complexity index is 776. The summed E-state index contributed by atoms with van der Waals surface area (Å²) in [5, 5.41) is 0. The number of benzene rings is 1. The molecule has 132 valence electrons. The molecule has 1 aromatic rings. The maximum atomic E-state index is 13.2. The molecule has 1 unspecified atom stereocenters. The lowest BCUT2D eigenvalue weighted by Crippen LogP contribution is -2.49. The maximum Gasteiger partial charge on any atom is 0.163 e. The summed E-state index contributed by atoms with van der Waals surface area (Å²) in [6.45, 7) is 5.59. The first kappa shape index (κ1) is 16.3. The van der Waals surface area contributed by atoms with Gasteiger partial charge >= 0.3 is 0 Å². The second kappa shape index (κ2) is 5.56. The summed E-state index contributed by atoms with van der Waals surface area (Å²) in [7, 11) is 0. The van der Waals surface area contributed by atoms with Crippen molar-refractivity contribution in [2.24, 2.45) is 5.41 Å². The summed E-state index contributed by atoms with van der Waals surface area (Å²) in [6.07, 6.45) is 3.95. The highest BCUT2D eigenvalue weighted by Crippen LogP contribution is 2.62. The van der Waals surface area contributed by atoms with E-state index in [1.807, 2.05) is 23.5 Å². The molecular weight excluding hydrogens is 346 g/mol. The Labute approximate surface area is 158 Å². The fourth-order valence-corrected chi connectivity index (χ4v) is 8.70. The molecule has 1 fully saturated rings. The number of nitrogens with zero attached hydrogens (tertiary/aromatic N) is 1. The average molecular weight is 372 g/mol. The van der Waals surface area contributed by atoms with Gasteiger partial charge in [-0.3, -0.25) is 4.79 Å². The first-order valence-electron chi connectivity index (χ1n) is 9.38. The van der Waals surface area contributed by atoms with Crippen molar-refractivity contribution in [3.63, 3.8) is 0 Å². The molecule has 4 heteroatoms. The smallest absolute Gasteiger partial charge is 0.163 e. The van der Waals surface area contributed by atoms with Crippen LogP contribution in [0.2, 0.25) is 0 Å². The summed E-state index contributed by atoms with van der Waals surface area (Å²) >= 11 is 4.09. The van der Waals surface area contributed by atoms with Gasteiger partial charge in [0.25, 0.3) is 0 Å². The Balaban J connectivity index is 1.69. The monoisotopic (exact) mass is 371 g/mol. The Hall–Kier alpha value is -0.870. The van der Waals surface area contributed by atoms with Crippen molar-refractivity contribution < 1.29 is 4.79 Å². The molecule has 25 heavy (non-hydrogen) atoms. The second-order valence-corrected chi connectivity index (χ2v) is 11.6. The second-order valence-electron chi connectivity index (χ2n) is 8.57. The van der Waals surface area contributed by atoms with Crippen molar-refractivity contribution in [1.29, 1.82) is 0 Å². The van der Waals surface area contributed by atoms with E-state index in [4.69, 9.17) is 0 Å². The van der Waals surface area contributed by atoms with Crippen molar-refractivity contribution >= 4 is 29.3 Å². The standard InChI is InChI=1S/C21H25NOS2/c1-20(2)11-17-19(18(23)13-20)21(24-9-10-25-21)12-16-15-6-4-3-5-14(15)7-8-22(16)17/h3-6,16H,7-13H2,1-2H3. The highest BCUT2D eigenvalue weighted by molar-refractivity contribution is 8.21. The molecule has 1 spiro atoms. The Kier molecular flexibility index (Phi) is 3.63. The number of hydrogen-bond donors (Lipinski definition) is 0. The van der Waals surface area contributed by atoms with Gasteiger partial charge in [-0.2, -0.15) is 0 Å². The molecule has 2 nitrogen and oxygen atoms in total. The van der Waals surface area contributed by atoms with Gasteiger partial charge in [-0.15, -0.1) is 23.5 Å². The largest absolute Gasteiger partial charge is 0.367 e. The number of allylic oxidation sites excluding steroid dienone is 1. The van der Waals surface area contributed by atoms with E-state index in [0.29, 0.717) is 18.2 Å². The zero-order valence-corrected chi connectivity index (χ0v) is 16.6. The van der Waals surface area contributed by atoms with E-state index in [1.54, 1.807) is 0 Å². The first-order valence-corrected chi connectivity index (χ1v) is 11.4. The van der Waals surface area contributed by atoms with Crippen LogP contribution in [0.25, 0.3) is 0 Å². The number of carbonyl (C=O) groups excluding carboxylic acids is 1. The molecule has 1 saturated heterocycles. The molecular formula is C21H25NOS2. The van der Waals surface area contributed by atoms with Crippen LogP contribution in [0, 0.1) is 5.41 Å². The fraction of sp³-hybridized carbons (Fsp3) is 0.571. The molecule has 1 atom stereocenters. The molecule has 0 radical (unpaired) electrons. The minimum absolute atomic E-state index is 0.00847. The van der Waals surface area contributed by atoms with Crippen LogP contribution >= 0.6 is 23.5 Å². The van der Waals surface area contributed by atoms with Crippen LogP contribution in [0.1, 0.15) is 50.3 Å². The van der Waals surface area contributed by atoms with E-state index < -0.39 is 0 Å². The van der Waals surface area contributed by atoms with Gasteiger partial charge in [-0.05, 0) is 29.4 Å². The third-order valence-electron chi connectivity index (χ3n) is 6.21. The normalized spacial score (nSPS) is 29.4. The van der Waals surface area contributed by atoms with Crippen LogP contribution in [0.5, 0.6) is 0 Å². The summed E-state index contributed by atoms with van der Waals surface area (Å²) in [4.78, 5) is 15.8. The highest BCUT2D eigenvalue weighted by Gasteiger charge is 2.54. The van der Waals surface area contributed by atoms with Crippen LogP contribution in [-0.4, -0.2) is 32.8 Å². The highest BCUT2D eigenvalue weighted by atomic mass is 32.2. The molecule has 0 aromatic heterocycles. The summed E-state index contributed by atoms with van der Waals surface area (Å²) in [6, 6.07) is 9.43. The topological polar surface area (TPSA) is 20.3 Å². The minimum atomic E-state index is 0.00847. The average Bonchev–Trinajstić information content (AvgIpc) is 3.02. The molecule has 4 aliphatic rings. The summed E-state index contributed by atoms with van der Waals surface area (Å²) in [5.74, 6) is 2.77. The Morgan fingerprint density at radius 1 is 1.12 bits per heavy atom. The third-order valence-corrected chi connectivity index (χ3v) is 9.66. The van der Waals surface area contributed by atoms with E-state index in [2.05, 4.69) is 43.0 Å². The van der Waals surface area contributed by atoms with E-state index in [-0.39, 0.29) is 9.49 Å². The predicted molar refractivity (Wildman–Crippen MR) is 107 cm³/mol. The number of ketones is 1. The van der Waals surface area contributed by atoms with E-state index in [1.165, 1.54) is 33.9 Å². The molecule has 0 amide bonds. The van der Waals surface area contributed by atoms with Crippen LogP contribution in [-0.2, 0) is 11.2 Å². The third kappa shape index (κ3) is 2.43. The lowest BCUT2D eigenvalue weighted by Gasteiger charge is -2.53. The van der Waals surface area contributed by atoms with Gasteiger partial charge in [0.1, 0.15) is 0 Å². The number of carbonyl (C=O) groups is 1. The van der Waals surface area contributed by atoms with Crippen molar-refractivity contribution in [3.8, 4) is 0 Å². The lowest BCUT2D eigenvalue weighted by molar-refractivity contribution is -0.119. The zero-order chi connectivity index (χ0) is 17.2. The van der Waals surface area contributed by atoms with Crippen LogP contribution in [0.15, 0.2) is 35.5 Å². The molecule has 0 saturated carbocycles. The first-order chi connectivity index (χ1) is 12.0. The minimum Gasteiger partial charge on any atom is -0.367 e. The molecule has 0 N–H and O–H groups in total. The van der Waals surface area contributed by atoms with E-state index in [9.17, 15) is 4.79 Å². The van der Waals surface area contributed by atoms with Crippen molar-refractivity contribution in [1.82, 2.24) is 4.90 Å². The molecule has 3 heterocycles. The quantitative estimate of drug-likeness (QED) is 0.652. The predicted octanol–water partition coefficient (Wildman–Crippen LogP) is 4.81. The number of rotatable bonds is 0. The zero-order valence-electron chi connectivity index (χ0n) is 15.0. The van der Waals surface area contributed by atoms with Crippen molar-refractivity contribution in [3.05, 3.63) is 46.7 Å². The van der Waals surface area contributed by atoms with Gasteiger partial charge in [0.2, 0.25) is 0 Å². The number of thioether (sulfide) groups is 2. The molecule has 3 aliphatic heterocycles. The Morgan fingerprint density at radius 3 is 2.68 bits per heavy atom. The van der Waals surface area contributed by atoms with Crippen molar-refractivity contribution in [2.75, 3.05) is 18.1 Å². The van der Waals surface area contributed by atoms with Crippen molar-refractivity contribution in [2.45, 2.75) is 49.7 Å². The van der Waals surface area contributed by atoms with Gasteiger partial charge in [0.15, 0.2) is 5.78 Å². The molecule has 0 bridgehead atoms. The molecule has 1 aliphatic carbocycles. The lowest BCUT2D eigenvalue weighted by atomic mass is 9.71. The summed E-state index contributed by atoms with van der Waals surface area (Å²) < 4.78 is 0.00847. The molecule has 5 rings (SSSR count). The number of Topliss-reactive ketones (excluding diaryl/α,β-unsaturated/α-hetero) is 1. The maximum absolute atomic E-state index is 13.2. The van der Waals surface area contributed by atoms with Crippen LogP contribution in [0.3, 0.4) is 0 Å². The molecule has 1 aromatic carbocycles. The van der Waals surface area contributed by atoms with Gasteiger partial charge < -0.3 is 4.90 Å². The van der Waals surface area contributed by atoms with Crippen LogP contribution in [0.4, 0.5) is 0 Å². The SMILES string of the molecule is CC1(C)CC(=O)C2=C(C1)N1CCc3ccccc3C1CC21SCCS1. The summed E-state index contributed by atoms with van der Waals surface area (Å²) in [5.41, 5.74) is 5.67. The van der Waals surface area contributed by atoms with Gasteiger partial charge in [-0.25, -0.2) is 0 Å². The fourth-order valence-electron chi connectivity index (χ4n) is 5.23. The van der Waals surface area contributed by atoms with Crippen LogP contribution < -0.4 is 0 Å². The van der Waals surface area contributed by atoms with E-state index in [0.717, 1.165) is 25.8 Å². The van der Waals surface area contributed by atoms with Gasteiger partial charge in [0, 0.05) is 42.2 Å².